The summed E-state index contributed by atoms with van der Waals surface area (Å²) in [4.78, 5) is 19.9. The fraction of sp³-hybridized carbons (Fsp3) is 0.333. The van der Waals surface area contributed by atoms with Crippen LogP contribution in [0.2, 0.25) is 0 Å². The van der Waals surface area contributed by atoms with Crippen LogP contribution >= 0.6 is 0 Å². The van der Waals surface area contributed by atoms with Gasteiger partial charge < -0.3 is 15.0 Å². The lowest BCUT2D eigenvalue weighted by Gasteiger charge is -2.14. The number of carbonyl (C=O) groups excluding carboxylic acids is 1. The molecule has 0 radical (unpaired) electrons. The van der Waals surface area contributed by atoms with Crippen molar-refractivity contribution < 1.29 is 9.53 Å². The zero-order valence-corrected chi connectivity index (χ0v) is 15.8. The molecular formula is C21H25N3O2. The maximum absolute atomic E-state index is 12.2. The van der Waals surface area contributed by atoms with E-state index in [1.165, 1.54) is 16.7 Å². The second-order valence-corrected chi connectivity index (χ2v) is 6.41. The number of anilines is 1. The molecule has 0 bridgehead atoms. The Labute approximate surface area is 153 Å². The van der Waals surface area contributed by atoms with Crippen LogP contribution in [0.3, 0.4) is 0 Å². The van der Waals surface area contributed by atoms with Crippen molar-refractivity contribution in [3.8, 4) is 0 Å². The molecule has 0 fully saturated rings. The highest BCUT2D eigenvalue weighted by Gasteiger charge is 2.15. The van der Waals surface area contributed by atoms with Crippen LogP contribution < -0.4 is 5.32 Å². The van der Waals surface area contributed by atoms with Gasteiger partial charge in [-0.25, -0.2) is 9.78 Å². The van der Waals surface area contributed by atoms with E-state index in [0.717, 1.165) is 28.8 Å². The number of hydrogen-bond donors (Lipinski definition) is 2. The molecule has 0 spiro atoms. The maximum atomic E-state index is 12.2. The predicted octanol–water partition coefficient (Wildman–Crippen LogP) is 4.53. The summed E-state index contributed by atoms with van der Waals surface area (Å²) in [7, 11) is 0. The predicted molar refractivity (Wildman–Crippen MR) is 105 cm³/mol. The van der Waals surface area contributed by atoms with Gasteiger partial charge in [-0.05, 0) is 56.0 Å². The molecule has 0 aliphatic heterocycles. The summed E-state index contributed by atoms with van der Waals surface area (Å²) in [5.41, 5.74) is 7.73. The van der Waals surface area contributed by atoms with Crippen molar-refractivity contribution in [2.75, 3.05) is 11.9 Å². The van der Waals surface area contributed by atoms with Crippen LogP contribution in [0, 0.1) is 13.8 Å². The van der Waals surface area contributed by atoms with Gasteiger partial charge in [0.15, 0.2) is 5.69 Å². The molecule has 0 aliphatic rings. The normalized spacial score (nSPS) is 10.9. The fourth-order valence-corrected chi connectivity index (χ4v) is 3.22. The monoisotopic (exact) mass is 351 g/mol. The first-order valence-electron chi connectivity index (χ1n) is 9.02. The molecule has 0 atom stereocenters. The van der Waals surface area contributed by atoms with E-state index in [-0.39, 0.29) is 0 Å². The summed E-state index contributed by atoms with van der Waals surface area (Å²) < 4.78 is 5.12. The molecule has 2 aromatic heterocycles. The first kappa shape index (κ1) is 18.0. The first-order chi connectivity index (χ1) is 12.5. The zero-order valence-electron chi connectivity index (χ0n) is 15.8. The SMILES string of the molecule is CCOC(=O)c1cc(NCc2c(C)cccc2CC)c2[nH]c(C)cc2n1. The average molecular weight is 351 g/mol. The summed E-state index contributed by atoms with van der Waals surface area (Å²) in [5, 5.41) is 3.49. The maximum Gasteiger partial charge on any atom is 0.357 e. The molecule has 0 amide bonds. The Morgan fingerprint density at radius 3 is 2.77 bits per heavy atom. The number of fused-ring (bicyclic) bond motifs is 1. The lowest BCUT2D eigenvalue weighted by Crippen LogP contribution is -2.10. The standard InChI is InChI=1S/C21H25N3O2/c1-5-15-9-7-8-13(3)16(15)12-22-17-11-19(21(25)26-6-2)24-18-10-14(4)23-20(17)18/h7-11,23H,5-6,12H2,1-4H3,(H,22,24). The number of aryl methyl sites for hydroxylation is 3. The number of aromatic nitrogens is 2. The number of hydrogen-bond acceptors (Lipinski definition) is 4. The van der Waals surface area contributed by atoms with E-state index in [2.05, 4.69) is 47.3 Å². The van der Waals surface area contributed by atoms with Crippen molar-refractivity contribution in [1.29, 1.82) is 0 Å². The van der Waals surface area contributed by atoms with E-state index in [1.54, 1.807) is 13.0 Å². The van der Waals surface area contributed by atoms with Gasteiger partial charge in [0.05, 0.1) is 23.3 Å². The highest BCUT2D eigenvalue weighted by Crippen LogP contribution is 2.25. The molecule has 0 unspecified atom stereocenters. The second-order valence-electron chi connectivity index (χ2n) is 6.41. The van der Waals surface area contributed by atoms with Gasteiger partial charge in [0.1, 0.15) is 0 Å². The largest absolute Gasteiger partial charge is 0.461 e. The topological polar surface area (TPSA) is 67.0 Å². The molecule has 26 heavy (non-hydrogen) atoms. The van der Waals surface area contributed by atoms with Gasteiger partial charge in [-0.2, -0.15) is 0 Å². The molecule has 3 aromatic rings. The summed E-state index contributed by atoms with van der Waals surface area (Å²) in [6, 6.07) is 10.1. The number of ether oxygens (including phenoxy) is 1. The van der Waals surface area contributed by atoms with Crippen molar-refractivity contribution in [1.82, 2.24) is 9.97 Å². The number of pyridine rings is 1. The second kappa shape index (κ2) is 7.60. The van der Waals surface area contributed by atoms with Gasteiger partial charge in [0.2, 0.25) is 0 Å². The number of carbonyl (C=O) groups is 1. The lowest BCUT2D eigenvalue weighted by molar-refractivity contribution is 0.0520. The third-order valence-electron chi connectivity index (χ3n) is 4.55. The minimum absolute atomic E-state index is 0.321. The van der Waals surface area contributed by atoms with Crippen LogP contribution in [0.4, 0.5) is 5.69 Å². The van der Waals surface area contributed by atoms with Crippen molar-refractivity contribution in [2.45, 2.75) is 40.7 Å². The Morgan fingerprint density at radius 2 is 2.04 bits per heavy atom. The van der Waals surface area contributed by atoms with Gasteiger partial charge in [-0.3, -0.25) is 0 Å². The highest BCUT2D eigenvalue weighted by molar-refractivity contribution is 5.96. The fourth-order valence-electron chi connectivity index (χ4n) is 3.22. The molecular weight excluding hydrogens is 326 g/mol. The Balaban J connectivity index is 1.97. The van der Waals surface area contributed by atoms with Crippen LogP contribution in [0.5, 0.6) is 0 Å². The molecule has 5 heteroatoms. The van der Waals surface area contributed by atoms with Crippen LogP contribution in [0.1, 0.15) is 46.7 Å². The minimum atomic E-state index is -0.401. The van der Waals surface area contributed by atoms with Crippen LogP contribution in [0.15, 0.2) is 30.3 Å². The molecule has 0 saturated carbocycles. The van der Waals surface area contributed by atoms with E-state index in [4.69, 9.17) is 4.74 Å². The van der Waals surface area contributed by atoms with Crippen molar-refractivity contribution >= 4 is 22.7 Å². The lowest BCUT2D eigenvalue weighted by atomic mass is 10.00. The summed E-state index contributed by atoms with van der Waals surface area (Å²) in [5.74, 6) is -0.401. The average Bonchev–Trinajstić information content (AvgIpc) is 3.00. The Bertz CT molecular complexity index is 944. The summed E-state index contributed by atoms with van der Waals surface area (Å²) >= 11 is 0. The number of nitrogens with one attached hydrogen (secondary N) is 2. The number of H-pyrrole nitrogens is 1. The molecule has 136 valence electrons. The van der Waals surface area contributed by atoms with Gasteiger partial charge in [-0.15, -0.1) is 0 Å². The molecule has 2 N–H and O–H groups in total. The van der Waals surface area contributed by atoms with E-state index < -0.39 is 5.97 Å². The number of benzene rings is 1. The van der Waals surface area contributed by atoms with E-state index in [0.29, 0.717) is 18.8 Å². The van der Waals surface area contributed by atoms with Crippen molar-refractivity contribution in [2.24, 2.45) is 0 Å². The van der Waals surface area contributed by atoms with Crippen LogP contribution in [-0.4, -0.2) is 22.5 Å². The molecule has 0 saturated heterocycles. The molecule has 1 aromatic carbocycles. The summed E-state index contributed by atoms with van der Waals surface area (Å²) in [6.07, 6.45) is 0.986. The Kier molecular flexibility index (Phi) is 5.26. The first-order valence-corrected chi connectivity index (χ1v) is 9.02. The Hall–Kier alpha value is -2.82. The molecule has 3 rings (SSSR count). The quantitative estimate of drug-likeness (QED) is 0.640. The summed E-state index contributed by atoms with van der Waals surface area (Å²) in [6.45, 7) is 9.08. The zero-order chi connectivity index (χ0) is 18.7. The van der Waals surface area contributed by atoms with Crippen LogP contribution in [-0.2, 0) is 17.7 Å². The van der Waals surface area contributed by atoms with Gasteiger partial charge in [0, 0.05) is 12.2 Å². The van der Waals surface area contributed by atoms with Gasteiger partial charge >= 0.3 is 5.97 Å². The van der Waals surface area contributed by atoms with E-state index in [1.807, 2.05) is 13.0 Å². The molecule has 5 nitrogen and oxygen atoms in total. The molecule has 2 heterocycles. The van der Waals surface area contributed by atoms with E-state index >= 15 is 0 Å². The highest BCUT2D eigenvalue weighted by atomic mass is 16.5. The number of nitrogens with zero attached hydrogens (tertiary/aromatic N) is 1. The minimum Gasteiger partial charge on any atom is -0.461 e. The van der Waals surface area contributed by atoms with Gasteiger partial charge in [0.25, 0.3) is 0 Å². The number of rotatable bonds is 6. The van der Waals surface area contributed by atoms with Gasteiger partial charge in [-0.1, -0.05) is 25.1 Å². The van der Waals surface area contributed by atoms with Crippen molar-refractivity contribution in [3.05, 3.63) is 58.4 Å². The third kappa shape index (κ3) is 3.57. The third-order valence-corrected chi connectivity index (χ3v) is 4.55. The van der Waals surface area contributed by atoms with Crippen molar-refractivity contribution in [3.63, 3.8) is 0 Å². The molecule has 0 aliphatic carbocycles. The number of aromatic amines is 1. The Morgan fingerprint density at radius 1 is 1.23 bits per heavy atom. The van der Waals surface area contributed by atoms with E-state index in [9.17, 15) is 4.79 Å². The number of esters is 1. The van der Waals surface area contributed by atoms with Crippen LogP contribution in [0.25, 0.3) is 11.0 Å². The smallest absolute Gasteiger partial charge is 0.357 e.